The van der Waals surface area contributed by atoms with Crippen LogP contribution in [0.25, 0.3) is 0 Å². The largest absolute Gasteiger partial charge is 0.493 e. The van der Waals surface area contributed by atoms with Crippen LogP contribution in [-0.2, 0) is 19.6 Å². The molecule has 0 unspecified atom stereocenters. The number of ether oxygens (including phenoxy) is 2. The van der Waals surface area contributed by atoms with Gasteiger partial charge < -0.3 is 19.2 Å². The summed E-state index contributed by atoms with van der Waals surface area (Å²) in [5.41, 5.74) is 1.10. The Labute approximate surface area is 132 Å². The molecule has 0 bridgehead atoms. The molecule has 2 rings (SSSR count). The molecule has 1 aromatic carbocycles. The number of halogens is 1. The molecule has 1 heterocycles. The van der Waals surface area contributed by atoms with Gasteiger partial charge in [-0.25, -0.2) is 0 Å². The number of methoxy groups -OCH3 is 1. The van der Waals surface area contributed by atoms with Crippen molar-refractivity contribution in [1.82, 2.24) is 15.5 Å². The lowest BCUT2D eigenvalue weighted by atomic mass is 10.2. The summed E-state index contributed by atoms with van der Waals surface area (Å²) in [5.74, 6) is 2.32. The van der Waals surface area contributed by atoms with Crippen molar-refractivity contribution in [3.63, 3.8) is 0 Å². The van der Waals surface area contributed by atoms with Crippen LogP contribution in [0, 0.1) is 0 Å². The van der Waals surface area contributed by atoms with Crippen LogP contribution in [0.15, 0.2) is 21.0 Å². The summed E-state index contributed by atoms with van der Waals surface area (Å²) in [7, 11) is 3.51. The van der Waals surface area contributed by atoms with E-state index in [0.29, 0.717) is 29.7 Å². The predicted octanol–water partition coefficient (Wildman–Crippen LogP) is 2.70. The van der Waals surface area contributed by atoms with Gasteiger partial charge in [0, 0.05) is 13.0 Å². The number of nitrogens with zero attached hydrogens (tertiary/aromatic N) is 2. The summed E-state index contributed by atoms with van der Waals surface area (Å²) in [6.45, 7) is 2.91. The van der Waals surface area contributed by atoms with Crippen molar-refractivity contribution in [2.24, 2.45) is 0 Å². The molecule has 6 nitrogen and oxygen atoms in total. The summed E-state index contributed by atoms with van der Waals surface area (Å²) in [5, 5.41) is 10.9. The molecule has 0 atom stereocenters. The molecule has 0 saturated heterocycles. The summed E-state index contributed by atoms with van der Waals surface area (Å²) < 4.78 is 17.4. The molecule has 1 N–H and O–H groups in total. The first kappa shape index (κ1) is 15.8. The quantitative estimate of drug-likeness (QED) is 0.823. The third-order valence-electron chi connectivity index (χ3n) is 2.82. The maximum Gasteiger partial charge on any atom is 0.253 e. The van der Waals surface area contributed by atoms with Gasteiger partial charge in [-0.3, -0.25) is 0 Å². The Morgan fingerprint density at radius 2 is 2.05 bits per heavy atom. The maximum atomic E-state index is 5.75. The van der Waals surface area contributed by atoms with Gasteiger partial charge in [0.15, 0.2) is 18.1 Å². The van der Waals surface area contributed by atoms with Crippen LogP contribution in [0.1, 0.15) is 24.3 Å². The van der Waals surface area contributed by atoms with Crippen molar-refractivity contribution in [3.05, 3.63) is 34.0 Å². The Kier molecular flexibility index (Phi) is 5.58. The van der Waals surface area contributed by atoms with Gasteiger partial charge in [0.05, 0.1) is 11.6 Å². The summed E-state index contributed by atoms with van der Waals surface area (Å²) in [6.07, 6.45) is 0.707. The summed E-state index contributed by atoms with van der Waals surface area (Å²) >= 11 is 3.50. The molecule has 114 valence electrons. The highest BCUT2D eigenvalue weighted by Crippen LogP contribution is 2.37. The zero-order valence-corrected chi connectivity index (χ0v) is 13.9. The van der Waals surface area contributed by atoms with Gasteiger partial charge in [-0.05, 0) is 40.7 Å². The van der Waals surface area contributed by atoms with Crippen molar-refractivity contribution in [2.75, 3.05) is 14.2 Å². The highest BCUT2D eigenvalue weighted by atomic mass is 79.9. The van der Waals surface area contributed by atoms with E-state index in [0.717, 1.165) is 16.6 Å². The Bertz CT molecular complexity index is 601. The van der Waals surface area contributed by atoms with E-state index in [4.69, 9.17) is 13.9 Å². The molecule has 0 spiro atoms. The maximum absolute atomic E-state index is 5.75. The standard InChI is InChI=1S/C14H18BrN3O3/c1-4-12-17-18-13(21-12)8-20-14-10(15)5-9(7-16-2)6-11(14)19-3/h5-6,16H,4,7-8H2,1-3H3. The van der Waals surface area contributed by atoms with Crippen LogP contribution < -0.4 is 14.8 Å². The van der Waals surface area contributed by atoms with E-state index in [2.05, 4.69) is 31.4 Å². The highest BCUT2D eigenvalue weighted by Gasteiger charge is 2.13. The van der Waals surface area contributed by atoms with Crippen molar-refractivity contribution in [2.45, 2.75) is 26.5 Å². The SMILES string of the molecule is CCc1nnc(COc2c(Br)cc(CNC)cc2OC)o1. The number of hydrogen-bond donors (Lipinski definition) is 1. The fourth-order valence-electron chi connectivity index (χ4n) is 1.84. The lowest BCUT2D eigenvalue weighted by Crippen LogP contribution is -2.06. The second-order valence-corrected chi connectivity index (χ2v) is 5.23. The third kappa shape index (κ3) is 3.95. The van der Waals surface area contributed by atoms with Gasteiger partial charge >= 0.3 is 0 Å². The molecular formula is C14H18BrN3O3. The van der Waals surface area contributed by atoms with Crippen LogP contribution in [0.3, 0.4) is 0 Å². The third-order valence-corrected chi connectivity index (χ3v) is 3.41. The molecule has 0 saturated carbocycles. The van der Waals surface area contributed by atoms with Crippen molar-refractivity contribution in [3.8, 4) is 11.5 Å². The predicted molar refractivity (Wildman–Crippen MR) is 81.5 cm³/mol. The van der Waals surface area contributed by atoms with E-state index in [9.17, 15) is 0 Å². The molecule has 0 amide bonds. The molecule has 0 radical (unpaired) electrons. The molecule has 1 aromatic heterocycles. The van der Waals surface area contributed by atoms with Crippen LogP contribution in [-0.4, -0.2) is 24.4 Å². The average Bonchev–Trinajstić information content (AvgIpc) is 2.94. The Morgan fingerprint density at radius 3 is 2.67 bits per heavy atom. The van der Waals surface area contributed by atoms with Crippen molar-refractivity contribution < 1.29 is 13.9 Å². The van der Waals surface area contributed by atoms with E-state index in [1.165, 1.54) is 0 Å². The minimum absolute atomic E-state index is 0.202. The van der Waals surface area contributed by atoms with E-state index < -0.39 is 0 Å². The monoisotopic (exact) mass is 355 g/mol. The van der Waals surface area contributed by atoms with Crippen molar-refractivity contribution >= 4 is 15.9 Å². The van der Waals surface area contributed by atoms with E-state index in [1.54, 1.807) is 7.11 Å². The molecule has 0 aliphatic rings. The van der Waals surface area contributed by atoms with Crippen molar-refractivity contribution in [1.29, 1.82) is 0 Å². The van der Waals surface area contributed by atoms with E-state index in [-0.39, 0.29) is 6.61 Å². The Balaban J connectivity index is 2.14. The average molecular weight is 356 g/mol. The molecule has 21 heavy (non-hydrogen) atoms. The first-order valence-corrected chi connectivity index (χ1v) is 7.42. The molecule has 0 aliphatic carbocycles. The molecule has 0 aliphatic heterocycles. The number of hydrogen-bond acceptors (Lipinski definition) is 6. The normalized spacial score (nSPS) is 10.7. The fraction of sp³-hybridized carbons (Fsp3) is 0.429. The molecule has 7 heteroatoms. The lowest BCUT2D eigenvalue weighted by molar-refractivity contribution is 0.245. The number of aryl methyl sites for hydroxylation is 1. The van der Waals surface area contributed by atoms with Gasteiger partial charge in [-0.2, -0.15) is 0 Å². The van der Waals surface area contributed by atoms with Gasteiger partial charge in [-0.15, -0.1) is 10.2 Å². The smallest absolute Gasteiger partial charge is 0.253 e. The highest BCUT2D eigenvalue weighted by molar-refractivity contribution is 9.10. The number of benzene rings is 1. The van der Waals surface area contributed by atoms with Gasteiger partial charge in [-0.1, -0.05) is 6.92 Å². The zero-order valence-electron chi connectivity index (χ0n) is 12.3. The van der Waals surface area contributed by atoms with Gasteiger partial charge in [0.2, 0.25) is 5.89 Å². The fourth-order valence-corrected chi connectivity index (χ4v) is 2.45. The van der Waals surface area contributed by atoms with E-state index in [1.807, 2.05) is 26.1 Å². The molecule has 2 aromatic rings. The number of nitrogens with one attached hydrogen (secondary N) is 1. The Hall–Kier alpha value is -1.60. The lowest BCUT2D eigenvalue weighted by Gasteiger charge is -2.13. The number of rotatable bonds is 7. The molecular weight excluding hydrogens is 338 g/mol. The minimum atomic E-state index is 0.202. The first-order valence-electron chi connectivity index (χ1n) is 6.63. The van der Waals surface area contributed by atoms with Crippen LogP contribution in [0.5, 0.6) is 11.5 Å². The summed E-state index contributed by atoms with van der Waals surface area (Å²) in [6, 6.07) is 3.92. The second kappa shape index (κ2) is 7.42. The van der Waals surface area contributed by atoms with Gasteiger partial charge in [0.25, 0.3) is 5.89 Å². The van der Waals surface area contributed by atoms with E-state index >= 15 is 0 Å². The van der Waals surface area contributed by atoms with Gasteiger partial charge in [0.1, 0.15) is 0 Å². The molecule has 0 fully saturated rings. The zero-order chi connectivity index (χ0) is 15.2. The minimum Gasteiger partial charge on any atom is -0.493 e. The topological polar surface area (TPSA) is 69.4 Å². The first-order chi connectivity index (χ1) is 10.2. The van der Waals surface area contributed by atoms with Crippen LogP contribution in [0.4, 0.5) is 0 Å². The van der Waals surface area contributed by atoms with Crippen LogP contribution in [0.2, 0.25) is 0 Å². The number of aromatic nitrogens is 2. The summed E-state index contributed by atoms with van der Waals surface area (Å²) in [4.78, 5) is 0. The van der Waals surface area contributed by atoms with Crippen LogP contribution >= 0.6 is 15.9 Å². The Morgan fingerprint density at radius 1 is 1.29 bits per heavy atom. The second-order valence-electron chi connectivity index (χ2n) is 4.37.